The molecule has 0 radical (unpaired) electrons. The summed E-state index contributed by atoms with van der Waals surface area (Å²) in [5, 5.41) is 3.07. The molecule has 1 fully saturated rings. The topological polar surface area (TPSA) is 32.3 Å². The van der Waals surface area contributed by atoms with Crippen molar-refractivity contribution in [1.29, 1.82) is 0 Å². The molecule has 118 valence electrons. The van der Waals surface area contributed by atoms with Gasteiger partial charge in [0.2, 0.25) is 5.91 Å². The van der Waals surface area contributed by atoms with Gasteiger partial charge in [-0.05, 0) is 36.0 Å². The van der Waals surface area contributed by atoms with Crippen LogP contribution in [-0.4, -0.2) is 29.9 Å². The molecule has 0 bridgehead atoms. The number of fused-ring (bicyclic) bond motifs is 1. The van der Waals surface area contributed by atoms with Gasteiger partial charge in [0.25, 0.3) is 0 Å². The minimum absolute atomic E-state index is 0. The van der Waals surface area contributed by atoms with Gasteiger partial charge in [-0.3, -0.25) is 9.69 Å². The Kier molecular flexibility index (Phi) is 5.80. The molecule has 2 aliphatic rings. The zero-order valence-electron chi connectivity index (χ0n) is 13.6. The van der Waals surface area contributed by atoms with E-state index in [-0.39, 0.29) is 7.33 Å². The van der Waals surface area contributed by atoms with Crippen LogP contribution in [0.4, 0.5) is 0 Å². The third kappa shape index (κ3) is 4.07. The monoisotopic (exact) mass is 290 g/mol. The molecule has 2 heterocycles. The maximum atomic E-state index is 11.2. The predicted octanol–water partition coefficient (Wildman–Crippen LogP) is 3.16. The van der Waals surface area contributed by atoms with Crippen LogP contribution in [0.3, 0.4) is 0 Å². The average Bonchev–Trinajstić information content (AvgIpc) is 2.93. The van der Waals surface area contributed by atoms with Gasteiger partial charge in [0.1, 0.15) is 0 Å². The molecule has 3 rings (SSSR count). The van der Waals surface area contributed by atoms with E-state index in [1.807, 2.05) is 13.8 Å². The van der Waals surface area contributed by atoms with E-state index in [9.17, 15) is 4.79 Å². The molecule has 0 unspecified atom stereocenters. The highest BCUT2D eigenvalue weighted by Crippen LogP contribution is 2.21. The van der Waals surface area contributed by atoms with Crippen molar-refractivity contribution >= 4 is 5.91 Å². The molecule has 0 aromatic heterocycles. The number of hydrogen-bond acceptors (Lipinski definition) is 2. The van der Waals surface area contributed by atoms with Gasteiger partial charge < -0.3 is 5.32 Å². The first-order valence-corrected chi connectivity index (χ1v) is 8.37. The summed E-state index contributed by atoms with van der Waals surface area (Å²) in [6.45, 7) is 9.36. The normalized spacial score (nSPS) is 21.3. The minimum atomic E-state index is 0. The lowest BCUT2D eigenvalue weighted by atomic mass is 9.96. The van der Waals surface area contributed by atoms with E-state index < -0.39 is 0 Å². The molecule has 1 N–H and O–H groups in total. The molecule has 3 heteroatoms. The van der Waals surface area contributed by atoms with Gasteiger partial charge in [0, 0.05) is 33.5 Å². The van der Waals surface area contributed by atoms with E-state index >= 15 is 0 Å². The molecule has 1 aromatic rings. The molecule has 2 aliphatic heterocycles. The number of aryl methyl sites for hydroxylation is 1. The van der Waals surface area contributed by atoms with Crippen LogP contribution in [0.2, 0.25) is 0 Å². The second-order valence-corrected chi connectivity index (χ2v) is 5.74. The Bertz CT molecular complexity index is 490. The van der Waals surface area contributed by atoms with Crippen molar-refractivity contribution in [1.82, 2.24) is 10.2 Å². The smallest absolute Gasteiger partial charge is 0.220 e. The minimum Gasteiger partial charge on any atom is -0.352 e. The maximum Gasteiger partial charge on any atom is 0.220 e. The Balaban J connectivity index is 0.000000775. The molecule has 3 nitrogen and oxygen atoms in total. The average molecular weight is 290 g/mol. The van der Waals surface area contributed by atoms with Gasteiger partial charge in [0.05, 0.1) is 0 Å². The van der Waals surface area contributed by atoms with Crippen LogP contribution in [0.25, 0.3) is 0 Å². The number of nitrogens with one attached hydrogen (secondary N) is 1. The van der Waals surface area contributed by atoms with Crippen LogP contribution in [0.15, 0.2) is 18.2 Å². The first-order valence-electron chi connectivity index (χ1n) is 8.37. The maximum absolute atomic E-state index is 11.2. The standard InChI is InChI=1S/C16H22N2O.C2H6.H2/c1-2-12-3-4-13-7-8-18(10-14(13)9-12)11-15-5-6-16(19)17-15;1-2;/h3-4,9,15H,2,5-8,10-11H2,1H3,(H,17,19);1-2H3;1H/t15-;;/m0../s1. The van der Waals surface area contributed by atoms with Crippen LogP contribution in [-0.2, 0) is 24.2 Å². The molecule has 0 saturated carbocycles. The zero-order valence-corrected chi connectivity index (χ0v) is 13.6. The van der Waals surface area contributed by atoms with Crippen molar-refractivity contribution in [3.05, 3.63) is 34.9 Å². The summed E-state index contributed by atoms with van der Waals surface area (Å²) in [6.07, 6.45) is 3.94. The Hall–Kier alpha value is -1.35. The van der Waals surface area contributed by atoms with E-state index in [1.165, 1.54) is 16.7 Å². The fraction of sp³-hybridized carbons (Fsp3) is 0.611. The number of nitrogens with zero attached hydrogens (tertiary/aromatic N) is 1. The van der Waals surface area contributed by atoms with E-state index in [0.29, 0.717) is 12.5 Å². The van der Waals surface area contributed by atoms with E-state index in [4.69, 9.17) is 0 Å². The zero-order chi connectivity index (χ0) is 15.2. The van der Waals surface area contributed by atoms with Crippen molar-refractivity contribution in [2.24, 2.45) is 0 Å². The first-order chi connectivity index (χ1) is 10.2. The summed E-state index contributed by atoms with van der Waals surface area (Å²) in [7, 11) is 0. The van der Waals surface area contributed by atoms with E-state index in [0.717, 1.165) is 38.9 Å². The Labute approximate surface area is 130 Å². The summed E-state index contributed by atoms with van der Waals surface area (Å²) in [4.78, 5) is 13.7. The van der Waals surface area contributed by atoms with Gasteiger partial charge in [-0.25, -0.2) is 0 Å². The lowest BCUT2D eigenvalue weighted by Crippen LogP contribution is -2.41. The summed E-state index contributed by atoms with van der Waals surface area (Å²) in [5.74, 6) is 0.218. The SMILES string of the molecule is CC.CCc1ccc2c(c1)CN(C[C@@H]1CCC(=O)N1)CC2.[HH]. The van der Waals surface area contributed by atoms with Crippen molar-refractivity contribution in [3.8, 4) is 0 Å². The van der Waals surface area contributed by atoms with Crippen LogP contribution < -0.4 is 5.32 Å². The van der Waals surface area contributed by atoms with Gasteiger partial charge >= 0.3 is 0 Å². The van der Waals surface area contributed by atoms with Crippen LogP contribution >= 0.6 is 0 Å². The summed E-state index contributed by atoms with van der Waals surface area (Å²) >= 11 is 0. The molecule has 0 aliphatic carbocycles. The van der Waals surface area contributed by atoms with E-state index in [2.05, 4.69) is 35.3 Å². The van der Waals surface area contributed by atoms with Crippen molar-refractivity contribution < 1.29 is 6.22 Å². The predicted molar refractivity (Wildman–Crippen MR) is 89.4 cm³/mol. The third-order valence-corrected chi connectivity index (χ3v) is 4.33. The number of rotatable bonds is 3. The van der Waals surface area contributed by atoms with Crippen LogP contribution in [0, 0.1) is 0 Å². The number of amides is 1. The second kappa shape index (κ2) is 7.60. The lowest BCUT2D eigenvalue weighted by molar-refractivity contribution is -0.119. The van der Waals surface area contributed by atoms with Crippen molar-refractivity contribution in [3.63, 3.8) is 0 Å². The first kappa shape index (κ1) is 16.0. The molecule has 1 amide bonds. The Morgan fingerprint density at radius 3 is 2.76 bits per heavy atom. The van der Waals surface area contributed by atoms with Crippen LogP contribution in [0.1, 0.15) is 51.7 Å². The molecular weight excluding hydrogens is 260 g/mol. The van der Waals surface area contributed by atoms with Gasteiger partial charge in [-0.2, -0.15) is 0 Å². The van der Waals surface area contributed by atoms with Crippen LogP contribution in [0.5, 0.6) is 0 Å². The highest BCUT2D eigenvalue weighted by Gasteiger charge is 2.25. The Morgan fingerprint density at radius 1 is 1.29 bits per heavy atom. The molecular formula is C18H30N2O. The van der Waals surface area contributed by atoms with Crippen molar-refractivity contribution in [2.75, 3.05) is 13.1 Å². The summed E-state index contributed by atoms with van der Waals surface area (Å²) in [6, 6.07) is 7.27. The summed E-state index contributed by atoms with van der Waals surface area (Å²) < 4.78 is 0. The third-order valence-electron chi connectivity index (χ3n) is 4.33. The molecule has 1 saturated heterocycles. The largest absolute Gasteiger partial charge is 0.352 e. The second-order valence-electron chi connectivity index (χ2n) is 5.74. The highest BCUT2D eigenvalue weighted by molar-refractivity contribution is 5.78. The number of benzene rings is 1. The fourth-order valence-electron chi connectivity index (χ4n) is 3.17. The van der Waals surface area contributed by atoms with Gasteiger partial charge in [-0.1, -0.05) is 39.0 Å². The lowest BCUT2D eigenvalue weighted by Gasteiger charge is -2.31. The number of carbonyl (C=O) groups is 1. The molecule has 1 aromatic carbocycles. The fourth-order valence-corrected chi connectivity index (χ4v) is 3.17. The van der Waals surface area contributed by atoms with Gasteiger partial charge in [0.15, 0.2) is 0 Å². The summed E-state index contributed by atoms with van der Waals surface area (Å²) in [5.41, 5.74) is 4.41. The highest BCUT2D eigenvalue weighted by atomic mass is 16.1. The Morgan fingerprint density at radius 2 is 2.10 bits per heavy atom. The molecule has 0 spiro atoms. The van der Waals surface area contributed by atoms with Crippen molar-refractivity contribution in [2.45, 2.75) is 59.0 Å². The van der Waals surface area contributed by atoms with E-state index in [1.54, 1.807) is 0 Å². The quantitative estimate of drug-likeness (QED) is 0.927. The van der Waals surface area contributed by atoms with Gasteiger partial charge in [-0.15, -0.1) is 0 Å². The number of hydrogen-bond donors (Lipinski definition) is 1. The number of carbonyl (C=O) groups excluding carboxylic acids is 1. The molecule has 21 heavy (non-hydrogen) atoms. The molecule has 1 atom stereocenters.